The van der Waals surface area contributed by atoms with E-state index in [-0.39, 0.29) is 11.6 Å². The summed E-state index contributed by atoms with van der Waals surface area (Å²) in [6.45, 7) is 11.6. The summed E-state index contributed by atoms with van der Waals surface area (Å²) < 4.78 is 11.1. The number of hydrogen-bond acceptors (Lipinski definition) is 3. The maximum Gasteiger partial charge on any atom is 0.192 e. The van der Waals surface area contributed by atoms with Gasteiger partial charge < -0.3 is 13.9 Å². The van der Waals surface area contributed by atoms with Crippen molar-refractivity contribution in [2.24, 2.45) is 0 Å². The lowest BCUT2D eigenvalue weighted by molar-refractivity contribution is 0.259. The minimum atomic E-state index is -1.72. The minimum absolute atomic E-state index is 0.00664. The monoisotopic (exact) mass is 242 g/mol. The Morgan fingerprint density at radius 1 is 1.25 bits per heavy atom. The van der Waals surface area contributed by atoms with Gasteiger partial charge in [0.05, 0.1) is 25.7 Å². The molecule has 0 spiro atoms. The van der Waals surface area contributed by atoms with Gasteiger partial charge in [-0.15, -0.1) is 0 Å². The Balaban J connectivity index is 2.65. The molecule has 0 aliphatic rings. The molecule has 0 aliphatic carbocycles. The molecule has 92 valence electrons. The number of aliphatic hydroxyl groups is 1. The van der Waals surface area contributed by atoms with Gasteiger partial charge >= 0.3 is 0 Å². The summed E-state index contributed by atoms with van der Waals surface area (Å²) in [7, 11) is -1.72. The highest BCUT2D eigenvalue weighted by molar-refractivity contribution is 6.74. The molecule has 0 saturated carbocycles. The molecule has 0 unspecified atom stereocenters. The van der Waals surface area contributed by atoms with Crippen molar-refractivity contribution in [2.75, 3.05) is 0 Å². The van der Waals surface area contributed by atoms with Gasteiger partial charge in [0.25, 0.3) is 0 Å². The fourth-order valence-corrected chi connectivity index (χ4v) is 2.04. The van der Waals surface area contributed by atoms with Crippen molar-refractivity contribution in [3.63, 3.8) is 0 Å². The van der Waals surface area contributed by atoms with Crippen LogP contribution < -0.4 is 0 Å². The van der Waals surface area contributed by atoms with Gasteiger partial charge in [0, 0.05) is 11.1 Å². The lowest BCUT2D eigenvalue weighted by Gasteiger charge is -2.36. The molecule has 0 saturated heterocycles. The molecule has 0 aromatic carbocycles. The third-order valence-corrected chi connectivity index (χ3v) is 7.88. The van der Waals surface area contributed by atoms with E-state index in [1.54, 1.807) is 12.5 Å². The standard InChI is InChI=1S/C12H22O3Si/c1-12(2,3)16(4,5)15-9-11-8-14-7-10(11)6-13/h7-8,13H,6,9H2,1-5H3. The smallest absolute Gasteiger partial charge is 0.192 e. The second kappa shape index (κ2) is 4.73. The van der Waals surface area contributed by atoms with Crippen LogP contribution in [0.3, 0.4) is 0 Å². The van der Waals surface area contributed by atoms with E-state index >= 15 is 0 Å². The highest BCUT2D eigenvalue weighted by Gasteiger charge is 2.37. The Hall–Kier alpha value is -0.583. The molecule has 4 heteroatoms. The molecule has 0 amide bonds. The minimum Gasteiger partial charge on any atom is -0.472 e. The summed E-state index contributed by atoms with van der Waals surface area (Å²) >= 11 is 0. The summed E-state index contributed by atoms with van der Waals surface area (Å²) in [5.41, 5.74) is 1.77. The van der Waals surface area contributed by atoms with Crippen LogP contribution in [0, 0.1) is 0 Å². The molecule has 1 aromatic heterocycles. The van der Waals surface area contributed by atoms with Crippen molar-refractivity contribution < 1.29 is 13.9 Å². The zero-order valence-corrected chi connectivity index (χ0v) is 11.8. The van der Waals surface area contributed by atoms with Crippen LogP contribution in [0.1, 0.15) is 31.9 Å². The number of aliphatic hydroxyl groups excluding tert-OH is 1. The first-order valence-corrected chi connectivity index (χ1v) is 8.47. The Morgan fingerprint density at radius 2 is 1.81 bits per heavy atom. The number of rotatable bonds is 4. The predicted octanol–water partition coefficient (Wildman–Crippen LogP) is 3.29. The molecule has 3 nitrogen and oxygen atoms in total. The third kappa shape index (κ3) is 2.96. The average molecular weight is 242 g/mol. The SMILES string of the molecule is CC(C)(C)[Si](C)(C)OCc1cocc1CO. The first-order valence-electron chi connectivity index (χ1n) is 5.56. The molecular weight excluding hydrogens is 220 g/mol. The highest BCUT2D eigenvalue weighted by atomic mass is 28.4. The van der Waals surface area contributed by atoms with Gasteiger partial charge in [0.15, 0.2) is 8.32 Å². The van der Waals surface area contributed by atoms with E-state index in [4.69, 9.17) is 13.9 Å². The Kier molecular flexibility index (Phi) is 3.99. The summed E-state index contributed by atoms with van der Waals surface area (Å²) in [6.07, 6.45) is 3.23. The molecule has 0 atom stereocenters. The molecule has 0 bridgehead atoms. The zero-order valence-electron chi connectivity index (χ0n) is 10.8. The summed E-state index contributed by atoms with van der Waals surface area (Å²) in [4.78, 5) is 0. The number of furan rings is 1. The van der Waals surface area contributed by atoms with E-state index in [1.807, 2.05) is 0 Å². The Labute approximate surface area is 98.6 Å². The van der Waals surface area contributed by atoms with E-state index in [1.165, 1.54) is 0 Å². The van der Waals surface area contributed by atoms with E-state index < -0.39 is 8.32 Å². The van der Waals surface area contributed by atoms with E-state index in [2.05, 4.69) is 33.9 Å². The molecule has 1 N–H and O–H groups in total. The molecule has 0 fully saturated rings. The zero-order chi connectivity index (χ0) is 12.4. The van der Waals surface area contributed by atoms with Crippen molar-refractivity contribution in [2.45, 2.75) is 52.1 Å². The van der Waals surface area contributed by atoms with E-state index in [0.29, 0.717) is 6.61 Å². The molecule has 16 heavy (non-hydrogen) atoms. The first-order chi connectivity index (χ1) is 7.28. The van der Waals surface area contributed by atoms with Crippen LogP contribution in [0.2, 0.25) is 18.1 Å². The van der Waals surface area contributed by atoms with E-state index in [9.17, 15) is 0 Å². The topological polar surface area (TPSA) is 42.6 Å². The van der Waals surface area contributed by atoms with E-state index in [0.717, 1.165) is 11.1 Å². The first kappa shape index (κ1) is 13.5. The van der Waals surface area contributed by atoms with Crippen molar-refractivity contribution in [1.29, 1.82) is 0 Å². The molecule has 1 heterocycles. The van der Waals surface area contributed by atoms with Crippen LogP contribution in [-0.4, -0.2) is 13.4 Å². The fourth-order valence-electron chi connectivity index (χ4n) is 1.09. The summed E-state index contributed by atoms with van der Waals surface area (Å²) in [6, 6.07) is 0. The lowest BCUT2D eigenvalue weighted by Crippen LogP contribution is -2.40. The van der Waals surface area contributed by atoms with Crippen molar-refractivity contribution in [3.05, 3.63) is 23.7 Å². The van der Waals surface area contributed by atoms with Crippen LogP contribution >= 0.6 is 0 Å². The number of hydrogen-bond donors (Lipinski definition) is 1. The van der Waals surface area contributed by atoms with Gasteiger partial charge in [-0.05, 0) is 18.1 Å². The van der Waals surface area contributed by atoms with Crippen LogP contribution in [0.15, 0.2) is 16.9 Å². The second-order valence-electron chi connectivity index (χ2n) is 5.63. The Morgan fingerprint density at radius 3 is 2.31 bits per heavy atom. The molecule has 0 aliphatic heterocycles. The fraction of sp³-hybridized carbons (Fsp3) is 0.667. The highest BCUT2D eigenvalue weighted by Crippen LogP contribution is 2.37. The molecule has 1 rings (SSSR count). The quantitative estimate of drug-likeness (QED) is 0.824. The van der Waals surface area contributed by atoms with Gasteiger partial charge in [-0.25, -0.2) is 0 Å². The molecule has 0 radical (unpaired) electrons. The van der Waals surface area contributed by atoms with Gasteiger partial charge in [0.1, 0.15) is 0 Å². The van der Waals surface area contributed by atoms with Gasteiger partial charge in [-0.3, -0.25) is 0 Å². The van der Waals surface area contributed by atoms with Gasteiger partial charge in [-0.2, -0.15) is 0 Å². The van der Waals surface area contributed by atoms with Crippen molar-refractivity contribution in [1.82, 2.24) is 0 Å². The van der Waals surface area contributed by atoms with Crippen LogP contribution in [0.4, 0.5) is 0 Å². The maximum atomic E-state index is 9.09. The van der Waals surface area contributed by atoms with Crippen LogP contribution in [0.25, 0.3) is 0 Å². The predicted molar refractivity (Wildman–Crippen MR) is 66.6 cm³/mol. The largest absolute Gasteiger partial charge is 0.472 e. The van der Waals surface area contributed by atoms with Crippen LogP contribution in [0.5, 0.6) is 0 Å². The molecule has 1 aromatic rings. The average Bonchev–Trinajstić information content (AvgIpc) is 2.60. The normalized spacial score (nSPS) is 13.1. The summed E-state index contributed by atoms with van der Waals surface area (Å²) in [5.74, 6) is 0. The lowest BCUT2D eigenvalue weighted by atomic mass is 10.2. The Bertz CT molecular complexity index is 336. The van der Waals surface area contributed by atoms with Gasteiger partial charge in [0.2, 0.25) is 0 Å². The molecular formula is C12H22O3Si. The summed E-state index contributed by atoms with van der Waals surface area (Å²) in [5, 5.41) is 9.30. The van der Waals surface area contributed by atoms with Crippen molar-refractivity contribution in [3.8, 4) is 0 Å². The van der Waals surface area contributed by atoms with Crippen LogP contribution in [-0.2, 0) is 17.6 Å². The second-order valence-corrected chi connectivity index (χ2v) is 10.4. The maximum absolute atomic E-state index is 9.09. The van der Waals surface area contributed by atoms with Gasteiger partial charge in [-0.1, -0.05) is 20.8 Å². The van der Waals surface area contributed by atoms with Crippen molar-refractivity contribution >= 4 is 8.32 Å². The third-order valence-electron chi connectivity index (χ3n) is 3.40.